The molecule has 1 amide bonds. The Morgan fingerprint density at radius 3 is 2.70 bits per heavy atom. The summed E-state index contributed by atoms with van der Waals surface area (Å²) in [5.74, 6) is 1.20. The Bertz CT molecular complexity index is 307. The molecular weight excluding hydrogens is 252 g/mol. The Hall–Kier alpha value is -0.610. The van der Waals surface area contributed by atoms with E-state index in [4.69, 9.17) is 0 Å². The largest absolute Gasteiger partial charge is 0.389 e. The molecule has 0 heterocycles. The first-order chi connectivity index (χ1) is 9.32. The minimum absolute atomic E-state index is 0.0260. The van der Waals surface area contributed by atoms with Crippen molar-refractivity contribution in [1.82, 2.24) is 10.6 Å². The van der Waals surface area contributed by atoms with Crippen LogP contribution in [0.2, 0.25) is 0 Å². The van der Waals surface area contributed by atoms with Gasteiger partial charge in [0.25, 0.3) is 0 Å². The Labute approximate surface area is 123 Å². The molecule has 118 valence electrons. The van der Waals surface area contributed by atoms with E-state index in [9.17, 15) is 9.90 Å². The molecule has 0 spiro atoms. The average Bonchev–Trinajstić information content (AvgIpc) is 2.35. The third-order valence-electron chi connectivity index (χ3n) is 4.22. The zero-order valence-corrected chi connectivity index (χ0v) is 13.5. The highest BCUT2D eigenvalue weighted by atomic mass is 16.3. The van der Waals surface area contributed by atoms with Crippen LogP contribution < -0.4 is 10.6 Å². The fraction of sp³-hybridized carbons (Fsp3) is 0.938. The van der Waals surface area contributed by atoms with Crippen LogP contribution in [-0.4, -0.2) is 35.7 Å². The normalized spacial score (nSPS) is 28.4. The van der Waals surface area contributed by atoms with Crippen molar-refractivity contribution in [2.45, 2.75) is 71.4 Å². The summed E-state index contributed by atoms with van der Waals surface area (Å²) in [5.41, 5.74) is -0.635. The molecule has 0 saturated heterocycles. The number of hydrogen-bond acceptors (Lipinski definition) is 3. The molecule has 1 aliphatic rings. The monoisotopic (exact) mass is 284 g/mol. The van der Waals surface area contributed by atoms with Crippen molar-refractivity contribution in [1.29, 1.82) is 0 Å². The summed E-state index contributed by atoms with van der Waals surface area (Å²) in [5, 5.41) is 16.7. The molecule has 4 nitrogen and oxygen atoms in total. The number of amides is 1. The number of carbonyl (C=O) groups excluding carboxylic acids is 1. The van der Waals surface area contributed by atoms with Crippen molar-refractivity contribution in [3.05, 3.63) is 0 Å². The van der Waals surface area contributed by atoms with Gasteiger partial charge in [-0.25, -0.2) is 0 Å². The molecule has 4 heteroatoms. The van der Waals surface area contributed by atoms with Gasteiger partial charge in [0.2, 0.25) is 5.91 Å². The van der Waals surface area contributed by atoms with Gasteiger partial charge in [-0.2, -0.15) is 0 Å². The summed E-state index contributed by atoms with van der Waals surface area (Å²) in [6, 6.07) is -0.247. The number of rotatable bonds is 7. The van der Waals surface area contributed by atoms with Gasteiger partial charge in [0.15, 0.2) is 0 Å². The van der Waals surface area contributed by atoms with Crippen LogP contribution in [-0.2, 0) is 4.79 Å². The van der Waals surface area contributed by atoms with Crippen LogP contribution in [0, 0.1) is 11.8 Å². The van der Waals surface area contributed by atoms with Crippen molar-refractivity contribution >= 4 is 5.91 Å². The molecule has 3 N–H and O–H groups in total. The molecule has 0 aliphatic heterocycles. The van der Waals surface area contributed by atoms with Gasteiger partial charge < -0.3 is 15.7 Å². The maximum absolute atomic E-state index is 11.9. The standard InChI is InChI=1S/C16H32N2O2/c1-12(2)7-9-17-15(19)14(4)18-11-16(20)8-5-6-13(3)10-16/h12-14,18,20H,5-11H2,1-4H3,(H,17,19). The molecule has 0 bridgehead atoms. The molecule has 1 aliphatic carbocycles. The molecule has 0 aromatic rings. The van der Waals surface area contributed by atoms with Crippen LogP contribution >= 0.6 is 0 Å². The molecule has 0 aromatic heterocycles. The first kappa shape index (κ1) is 17.4. The highest BCUT2D eigenvalue weighted by molar-refractivity contribution is 5.81. The highest BCUT2D eigenvalue weighted by Gasteiger charge is 2.33. The smallest absolute Gasteiger partial charge is 0.236 e. The molecule has 1 rings (SSSR count). The Kier molecular flexibility index (Phi) is 6.96. The predicted molar refractivity (Wildman–Crippen MR) is 82.5 cm³/mol. The second-order valence-corrected chi connectivity index (χ2v) is 7.00. The predicted octanol–water partition coefficient (Wildman–Crippen LogP) is 2.07. The summed E-state index contributed by atoms with van der Waals surface area (Å²) < 4.78 is 0. The number of aliphatic hydroxyl groups is 1. The van der Waals surface area contributed by atoms with Gasteiger partial charge >= 0.3 is 0 Å². The van der Waals surface area contributed by atoms with Gasteiger partial charge in [-0.1, -0.05) is 33.6 Å². The first-order valence-corrected chi connectivity index (χ1v) is 8.06. The lowest BCUT2D eigenvalue weighted by molar-refractivity contribution is -0.123. The summed E-state index contributed by atoms with van der Waals surface area (Å²) in [6.07, 6.45) is 4.95. The minimum Gasteiger partial charge on any atom is -0.389 e. The Morgan fingerprint density at radius 1 is 1.40 bits per heavy atom. The van der Waals surface area contributed by atoms with E-state index in [1.54, 1.807) is 0 Å². The lowest BCUT2D eigenvalue weighted by atomic mass is 9.79. The van der Waals surface area contributed by atoms with Gasteiger partial charge in [-0.05, 0) is 38.0 Å². The number of carbonyl (C=O) groups is 1. The zero-order chi connectivity index (χ0) is 15.2. The fourth-order valence-corrected chi connectivity index (χ4v) is 2.87. The Morgan fingerprint density at radius 2 is 2.10 bits per heavy atom. The summed E-state index contributed by atoms with van der Waals surface area (Å²) in [4.78, 5) is 11.9. The first-order valence-electron chi connectivity index (χ1n) is 8.06. The summed E-state index contributed by atoms with van der Waals surface area (Å²) >= 11 is 0. The SMILES string of the molecule is CC(C)CCNC(=O)C(C)NCC1(O)CCCC(C)C1. The van der Waals surface area contributed by atoms with Crippen LogP contribution in [0.1, 0.15) is 59.8 Å². The maximum atomic E-state index is 11.9. The van der Waals surface area contributed by atoms with E-state index >= 15 is 0 Å². The van der Waals surface area contributed by atoms with Gasteiger partial charge in [0.05, 0.1) is 11.6 Å². The topological polar surface area (TPSA) is 61.4 Å². The van der Waals surface area contributed by atoms with E-state index in [-0.39, 0.29) is 11.9 Å². The number of nitrogens with one attached hydrogen (secondary N) is 2. The minimum atomic E-state index is -0.635. The molecule has 20 heavy (non-hydrogen) atoms. The second kappa shape index (κ2) is 7.99. The van der Waals surface area contributed by atoms with Gasteiger partial charge in [-0.3, -0.25) is 4.79 Å². The van der Waals surface area contributed by atoms with Crippen molar-refractivity contribution in [3.63, 3.8) is 0 Å². The van der Waals surface area contributed by atoms with Crippen LogP contribution in [0.3, 0.4) is 0 Å². The van der Waals surface area contributed by atoms with Crippen molar-refractivity contribution in [3.8, 4) is 0 Å². The molecule has 3 unspecified atom stereocenters. The van der Waals surface area contributed by atoms with Crippen LogP contribution in [0.5, 0.6) is 0 Å². The molecule has 0 aromatic carbocycles. The fourth-order valence-electron chi connectivity index (χ4n) is 2.87. The van der Waals surface area contributed by atoms with E-state index in [0.717, 1.165) is 32.2 Å². The highest BCUT2D eigenvalue weighted by Crippen LogP contribution is 2.31. The van der Waals surface area contributed by atoms with Crippen molar-refractivity contribution in [2.24, 2.45) is 11.8 Å². The quantitative estimate of drug-likeness (QED) is 0.670. The third kappa shape index (κ3) is 6.23. The lowest BCUT2D eigenvalue weighted by Crippen LogP contribution is -2.50. The van der Waals surface area contributed by atoms with E-state index in [1.807, 2.05) is 6.92 Å². The molecule has 0 radical (unpaired) electrons. The molecule has 3 atom stereocenters. The molecular formula is C16H32N2O2. The van der Waals surface area contributed by atoms with Gasteiger partial charge in [-0.15, -0.1) is 0 Å². The van der Waals surface area contributed by atoms with E-state index in [2.05, 4.69) is 31.4 Å². The van der Waals surface area contributed by atoms with Crippen LogP contribution in [0.25, 0.3) is 0 Å². The van der Waals surface area contributed by atoms with E-state index in [0.29, 0.717) is 18.4 Å². The van der Waals surface area contributed by atoms with Crippen LogP contribution in [0.15, 0.2) is 0 Å². The third-order valence-corrected chi connectivity index (χ3v) is 4.22. The molecule has 1 fully saturated rings. The van der Waals surface area contributed by atoms with E-state index in [1.165, 1.54) is 6.42 Å². The number of hydrogen-bond donors (Lipinski definition) is 3. The van der Waals surface area contributed by atoms with Crippen LogP contribution in [0.4, 0.5) is 0 Å². The summed E-state index contributed by atoms with van der Waals surface area (Å²) in [6.45, 7) is 9.58. The maximum Gasteiger partial charge on any atom is 0.236 e. The zero-order valence-electron chi connectivity index (χ0n) is 13.5. The van der Waals surface area contributed by atoms with Gasteiger partial charge in [0, 0.05) is 13.1 Å². The van der Waals surface area contributed by atoms with E-state index < -0.39 is 5.60 Å². The lowest BCUT2D eigenvalue weighted by Gasteiger charge is -2.36. The van der Waals surface area contributed by atoms with Crippen molar-refractivity contribution < 1.29 is 9.90 Å². The summed E-state index contributed by atoms with van der Waals surface area (Å²) in [7, 11) is 0. The average molecular weight is 284 g/mol. The van der Waals surface area contributed by atoms with Gasteiger partial charge in [0.1, 0.15) is 0 Å². The van der Waals surface area contributed by atoms with Crippen molar-refractivity contribution in [2.75, 3.05) is 13.1 Å². The Balaban J connectivity index is 2.27. The molecule has 1 saturated carbocycles. The second-order valence-electron chi connectivity index (χ2n) is 7.00.